The number of carbonyl (C=O) groups is 2. The highest BCUT2D eigenvalue weighted by Crippen LogP contribution is 2.30. The minimum absolute atomic E-state index is 0.218. The van der Waals surface area contributed by atoms with Gasteiger partial charge in [-0.2, -0.15) is 5.10 Å². The van der Waals surface area contributed by atoms with Crippen LogP contribution in [-0.4, -0.2) is 17.6 Å². The number of hydrazone groups is 1. The van der Waals surface area contributed by atoms with E-state index in [1.54, 1.807) is 5.01 Å². The molecule has 0 unspecified atom stereocenters. The second kappa shape index (κ2) is 8.74. The molecular formula is C23H23N5O3. The van der Waals surface area contributed by atoms with Crippen molar-refractivity contribution < 1.29 is 14.0 Å². The van der Waals surface area contributed by atoms with E-state index in [1.165, 1.54) is 0 Å². The van der Waals surface area contributed by atoms with E-state index in [-0.39, 0.29) is 11.7 Å². The molecule has 0 bridgehead atoms. The number of nitrogens with two attached hydrogens (primary N) is 1. The predicted molar refractivity (Wildman–Crippen MR) is 118 cm³/mol. The maximum Gasteiger partial charge on any atom is 0.332 e. The van der Waals surface area contributed by atoms with Crippen molar-refractivity contribution in [3.8, 4) is 0 Å². The number of nitrogens with one attached hydrogen (secondary N) is 2. The van der Waals surface area contributed by atoms with E-state index in [2.05, 4.69) is 16.0 Å². The van der Waals surface area contributed by atoms with Crippen LogP contribution in [0.4, 0.5) is 16.2 Å². The zero-order valence-electron chi connectivity index (χ0n) is 17.1. The molecule has 0 radical (unpaired) electrons. The molecule has 8 heteroatoms. The minimum atomic E-state index is -0.736. The van der Waals surface area contributed by atoms with Crippen LogP contribution in [0.25, 0.3) is 0 Å². The summed E-state index contributed by atoms with van der Waals surface area (Å²) in [6, 6.07) is 18.4. The van der Waals surface area contributed by atoms with Crippen molar-refractivity contribution in [2.75, 3.05) is 5.01 Å². The SMILES string of the molecule is Cc1c(C(=O)NN(c2ccccc2)c2ccccc2)oc2c1/C(=N/NC(N)=O)CCC2. The summed E-state index contributed by atoms with van der Waals surface area (Å²) in [6.07, 6.45) is 2.16. The molecule has 0 aliphatic heterocycles. The third-order valence-electron chi connectivity index (χ3n) is 5.08. The average Bonchev–Trinajstić information content (AvgIpc) is 3.14. The van der Waals surface area contributed by atoms with Gasteiger partial charge in [0.25, 0.3) is 0 Å². The molecule has 8 nitrogen and oxygen atoms in total. The number of hydrogen-bond acceptors (Lipinski definition) is 5. The average molecular weight is 417 g/mol. The lowest BCUT2D eigenvalue weighted by Crippen LogP contribution is -2.39. The van der Waals surface area contributed by atoms with Crippen LogP contribution in [-0.2, 0) is 6.42 Å². The van der Waals surface area contributed by atoms with Crippen molar-refractivity contribution >= 4 is 29.0 Å². The summed E-state index contributed by atoms with van der Waals surface area (Å²) in [5.74, 6) is 0.530. The van der Waals surface area contributed by atoms with E-state index in [1.807, 2.05) is 67.6 Å². The predicted octanol–water partition coefficient (Wildman–Crippen LogP) is 3.78. The van der Waals surface area contributed by atoms with Gasteiger partial charge >= 0.3 is 11.9 Å². The zero-order valence-corrected chi connectivity index (χ0v) is 17.1. The summed E-state index contributed by atoms with van der Waals surface area (Å²) in [7, 11) is 0. The van der Waals surface area contributed by atoms with Crippen LogP contribution in [0.15, 0.2) is 70.2 Å². The highest BCUT2D eigenvalue weighted by molar-refractivity contribution is 6.07. The van der Waals surface area contributed by atoms with Crippen molar-refractivity contribution in [2.45, 2.75) is 26.2 Å². The standard InChI is InChI=1S/C23H23N5O3/c1-15-20-18(25-26-23(24)30)13-8-14-19(20)31-21(15)22(29)27-28(16-9-4-2-5-10-16)17-11-6-3-7-12-17/h2-7,9-12H,8,13-14H2,1H3,(H,27,29)(H3,24,26,30)/b25-18+. The van der Waals surface area contributed by atoms with Gasteiger partial charge in [0, 0.05) is 17.5 Å². The Morgan fingerprint density at radius 1 is 1.00 bits per heavy atom. The Labute approximate surface area is 179 Å². The number of carbonyl (C=O) groups excluding carboxylic acids is 2. The normalized spacial score (nSPS) is 14.0. The summed E-state index contributed by atoms with van der Waals surface area (Å²) in [5.41, 5.74) is 14.1. The van der Waals surface area contributed by atoms with E-state index < -0.39 is 6.03 Å². The van der Waals surface area contributed by atoms with Gasteiger partial charge in [-0.15, -0.1) is 0 Å². The number of primary amides is 1. The van der Waals surface area contributed by atoms with E-state index in [0.29, 0.717) is 29.9 Å². The van der Waals surface area contributed by atoms with Crippen LogP contribution in [0.5, 0.6) is 0 Å². The first-order chi connectivity index (χ1) is 15.0. The van der Waals surface area contributed by atoms with Crippen LogP contribution in [0.2, 0.25) is 0 Å². The number of nitrogens with zero attached hydrogens (tertiary/aromatic N) is 2. The van der Waals surface area contributed by atoms with Crippen molar-refractivity contribution in [1.29, 1.82) is 0 Å². The van der Waals surface area contributed by atoms with Gasteiger partial charge in [0.15, 0.2) is 5.76 Å². The molecule has 158 valence electrons. The number of anilines is 2. The molecular weight excluding hydrogens is 394 g/mol. The van der Waals surface area contributed by atoms with Gasteiger partial charge in [-0.3, -0.25) is 15.2 Å². The molecule has 4 rings (SSSR count). The Morgan fingerprint density at radius 2 is 1.61 bits per heavy atom. The topological polar surface area (TPSA) is 113 Å². The van der Waals surface area contributed by atoms with E-state index in [9.17, 15) is 9.59 Å². The number of hydrogen-bond donors (Lipinski definition) is 3. The quantitative estimate of drug-likeness (QED) is 0.548. The van der Waals surface area contributed by atoms with Crippen molar-refractivity contribution in [2.24, 2.45) is 10.8 Å². The second-order valence-electron chi connectivity index (χ2n) is 7.19. The number of hydrazine groups is 1. The molecule has 4 N–H and O–H groups in total. The summed E-state index contributed by atoms with van der Waals surface area (Å²) in [5, 5.41) is 5.82. The van der Waals surface area contributed by atoms with Gasteiger partial charge in [0.1, 0.15) is 5.76 Å². The third-order valence-corrected chi connectivity index (χ3v) is 5.08. The molecule has 1 aromatic heterocycles. The van der Waals surface area contributed by atoms with Gasteiger partial charge < -0.3 is 10.2 Å². The first kappa shape index (κ1) is 20.2. The van der Waals surface area contributed by atoms with Crippen LogP contribution in [0.3, 0.4) is 0 Å². The van der Waals surface area contributed by atoms with Crippen molar-refractivity contribution in [3.63, 3.8) is 0 Å². The number of para-hydroxylation sites is 2. The van der Waals surface area contributed by atoms with Gasteiger partial charge in [-0.25, -0.2) is 10.2 Å². The fourth-order valence-corrected chi connectivity index (χ4v) is 3.70. The third kappa shape index (κ3) is 4.28. The molecule has 1 aliphatic rings. The largest absolute Gasteiger partial charge is 0.455 e. The monoisotopic (exact) mass is 417 g/mol. The summed E-state index contributed by atoms with van der Waals surface area (Å²) in [4.78, 5) is 24.3. The highest BCUT2D eigenvalue weighted by atomic mass is 16.4. The molecule has 0 fully saturated rings. The Morgan fingerprint density at radius 3 is 2.19 bits per heavy atom. The van der Waals surface area contributed by atoms with Gasteiger partial charge in [0.2, 0.25) is 0 Å². The van der Waals surface area contributed by atoms with Crippen molar-refractivity contribution in [1.82, 2.24) is 10.9 Å². The number of urea groups is 1. The van der Waals surface area contributed by atoms with Crippen LogP contribution in [0.1, 0.15) is 40.3 Å². The number of fused-ring (bicyclic) bond motifs is 1. The number of benzene rings is 2. The summed E-state index contributed by atoms with van der Waals surface area (Å²) in [6.45, 7) is 1.82. The van der Waals surface area contributed by atoms with Crippen LogP contribution < -0.4 is 21.6 Å². The Kier molecular flexibility index (Phi) is 5.70. The number of amides is 3. The molecule has 1 heterocycles. The molecule has 31 heavy (non-hydrogen) atoms. The van der Waals surface area contributed by atoms with E-state index in [4.69, 9.17) is 10.2 Å². The molecule has 3 amide bonds. The lowest BCUT2D eigenvalue weighted by molar-refractivity contribution is 0.0923. The number of rotatable bonds is 5. The summed E-state index contributed by atoms with van der Waals surface area (Å²) >= 11 is 0. The maximum atomic E-state index is 13.2. The highest BCUT2D eigenvalue weighted by Gasteiger charge is 2.29. The second-order valence-corrected chi connectivity index (χ2v) is 7.19. The van der Waals surface area contributed by atoms with Gasteiger partial charge in [-0.05, 0) is 44.0 Å². The van der Waals surface area contributed by atoms with Gasteiger partial charge in [-0.1, -0.05) is 36.4 Å². The maximum absolute atomic E-state index is 13.2. The molecule has 0 saturated carbocycles. The van der Waals surface area contributed by atoms with Gasteiger partial charge in [0.05, 0.1) is 17.1 Å². The van der Waals surface area contributed by atoms with Crippen LogP contribution in [0, 0.1) is 6.92 Å². The van der Waals surface area contributed by atoms with Crippen molar-refractivity contribution in [3.05, 3.63) is 83.3 Å². The lowest BCUT2D eigenvalue weighted by Gasteiger charge is -2.25. The number of furan rings is 1. The fourth-order valence-electron chi connectivity index (χ4n) is 3.70. The van der Waals surface area contributed by atoms with E-state index >= 15 is 0 Å². The molecule has 0 saturated heterocycles. The molecule has 2 aromatic carbocycles. The Balaban J connectivity index is 1.66. The minimum Gasteiger partial charge on any atom is -0.455 e. The van der Waals surface area contributed by atoms with Crippen LogP contribution >= 0.6 is 0 Å². The smallest absolute Gasteiger partial charge is 0.332 e. The zero-order chi connectivity index (χ0) is 21.8. The van der Waals surface area contributed by atoms with E-state index in [0.717, 1.165) is 23.4 Å². The lowest BCUT2D eigenvalue weighted by atomic mass is 9.93. The first-order valence-corrected chi connectivity index (χ1v) is 10.0. The molecule has 1 aliphatic carbocycles. The molecule has 0 atom stereocenters. The summed E-state index contributed by atoms with van der Waals surface area (Å²) < 4.78 is 5.94. The number of aryl methyl sites for hydroxylation is 1. The molecule has 3 aromatic rings. The fraction of sp³-hybridized carbons (Fsp3) is 0.174. The Hall–Kier alpha value is -4.07. The first-order valence-electron chi connectivity index (χ1n) is 10.0. The Bertz CT molecular complexity index is 1080. The molecule has 0 spiro atoms.